The van der Waals surface area contributed by atoms with Gasteiger partial charge in [-0.15, -0.1) is 0 Å². The molecule has 2 aromatic rings. The summed E-state index contributed by atoms with van der Waals surface area (Å²) in [6, 6.07) is 10.1. The van der Waals surface area contributed by atoms with E-state index in [1.165, 1.54) is 5.56 Å². The monoisotopic (exact) mass is 256 g/mol. The number of nitrogens with zero attached hydrogens (tertiary/aromatic N) is 1. The third-order valence-corrected chi connectivity index (χ3v) is 3.12. The normalized spacial score (nSPS) is 12.2. The lowest BCUT2D eigenvalue weighted by Crippen LogP contribution is -2.17. The van der Waals surface area contributed by atoms with Crippen LogP contribution in [0, 0.1) is 13.8 Å². The van der Waals surface area contributed by atoms with Gasteiger partial charge in [-0.2, -0.15) is 0 Å². The van der Waals surface area contributed by atoms with E-state index < -0.39 is 0 Å². The Labute approximate surface area is 114 Å². The predicted molar refractivity (Wildman–Crippen MR) is 77.6 cm³/mol. The van der Waals surface area contributed by atoms with Gasteiger partial charge in [0.2, 0.25) is 5.88 Å². The summed E-state index contributed by atoms with van der Waals surface area (Å²) in [4.78, 5) is 4.32. The zero-order valence-electron chi connectivity index (χ0n) is 11.7. The van der Waals surface area contributed by atoms with Crippen molar-refractivity contribution in [3.63, 3.8) is 0 Å². The van der Waals surface area contributed by atoms with E-state index in [0.717, 1.165) is 23.3 Å². The molecule has 1 atom stereocenters. The van der Waals surface area contributed by atoms with E-state index in [1.807, 2.05) is 37.4 Å². The van der Waals surface area contributed by atoms with E-state index in [0.29, 0.717) is 5.88 Å². The predicted octanol–water partition coefficient (Wildman–Crippen LogP) is 3.38. The fourth-order valence-corrected chi connectivity index (χ4v) is 1.91. The molecule has 1 unspecified atom stereocenters. The minimum absolute atomic E-state index is 0.146. The molecule has 0 spiro atoms. The summed E-state index contributed by atoms with van der Waals surface area (Å²) in [7, 11) is 0. The van der Waals surface area contributed by atoms with Crippen LogP contribution >= 0.6 is 0 Å². The molecule has 100 valence electrons. The zero-order valence-corrected chi connectivity index (χ0v) is 11.7. The van der Waals surface area contributed by atoms with Gasteiger partial charge in [-0.25, -0.2) is 4.98 Å². The highest BCUT2D eigenvalue weighted by atomic mass is 16.5. The topological polar surface area (TPSA) is 48.1 Å². The molecule has 0 saturated heterocycles. The molecule has 0 radical (unpaired) electrons. The van der Waals surface area contributed by atoms with Gasteiger partial charge in [0.25, 0.3) is 0 Å². The molecule has 0 aliphatic heterocycles. The number of aromatic nitrogens is 1. The zero-order chi connectivity index (χ0) is 13.8. The maximum atomic E-state index is 5.81. The number of rotatable bonds is 4. The molecule has 1 aromatic heterocycles. The first-order valence-electron chi connectivity index (χ1n) is 6.51. The molecule has 3 nitrogen and oxygen atoms in total. The first-order valence-corrected chi connectivity index (χ1v) is 6.51. The van der Waals surface area contributed by atoms with E-state index in [-0.39, 0.29) is 6.04 Å². The van der Waals surface area contributed by atoms with Crippen molar-refractivity contribution in [2.75, 3.05) is 0 Å². The number of hydrogen-bond donors (Lipinski definition) is 1. The van der Waals surface area contributed by atoms with E-state index in [1.54, 1.807) is 0 Å². The molecule has 0 fully saturated rings. The van der Waals surface area contributed by atoms with Crippen LogP contribution in [0.2, 0.25) is 0 Å². The van der Waals surface area contributed by atoms with E-state index in [4.69, 9.17) is 10.5 Å². The van der Waals surface area contributed by atoms with Crippen molar-refractivity contribution in [2.45, 2.75) is 33.2 Å². The summed E-state index contributed by atoms with van der Waals surface area (Å²) in [6.07, 6.45) is 2.65. The largest absolute Gasteiger partial charge is 0.439 e. The summed E-state index contributed by atoms with van der Waals surface area (Å²) in [5, 5.41) is 0. The maximum Gasteiger partial charge on any atom is 0.219 e. The van der Waals surface area contributed by atoms with Crippen LogP contribution in [-0.2, 0) is 6.42 Å². The third-order valence-electron chi connectivity index (χ3n) is 3.12. The number of nitrogens with two attached hydrogens (primary N) is 1. The summed E-state index contributed by atoms with van der Waals surface area (Å²) in [5.74, 6) is 1.47. The van der Waals surface area contributed by atoms with Gasteiger partial charge >= 0.3 is 0 Å². The van der Waals surface area contributed by atoms with Crippen molar-refractivity contribution < 1.29 is 4.74 Å². The van der Waals surface area contributed by atoms with Gasteiger partial charge in [0.15, 0.2) is 0 Å². The molecular formula is C16H20N2O. The lowest BCUT2D eigenvalue weighted by Gasteiger charge is -2.10. The highest BCUT2D eigenvalue weighted by molar-refractivity contribution is 5.40. The number of hydrogen-bond acceptors (Lipinski definition) is 3. The number of aryl methyl sites for hydroxylation is 1. The number of benzene rings is 1. The molecule has 2 rings (SSSR count). The van der Waals surface area contributed by atoms with Crippen molar-refractivity contribution in [2.24, 2.45) is 5.73 Å². The Hall–Kier alpha value is -1.87. The van der Waals surface area contributed by atoms with Gasteiger partial charge in [-0.1, -0.05) is 18.2 Å². The van der Waals surface area contributed by atoms with Crippen molar-refractivity contribution in [3.8, 4) is 11.6 Å². The molecule has 1 aromatic carbocycles. The summed E-state index contributed by atoms with van der Waals surface area (Å²) >= 11 is 0. The average Bonchev–Trinajstić information content (AvgIpc) is 2.37. The Balaban J connectivity index is 2.13. The van der Waals surface area contributed by atoms with Crippen LogP contribution in [0.5, 0.6) is 11.6 Å². The molecule has 3 heteroatoms. The molecule has 0 amide bonds. The maximum absolute atomic E-state index is 5.81. The fraction of sp³-hybridized carbons (Fsp3) is 0.312. The standard InChI is InChI=1S/C16H20N2O/c1-11-5-4-6-15(13(11)3)19-16-8-7-14(10-18-16)9-12(2)17/h4-8,10,12H,9,17H2,1-3H3. The second-order valence-electron chi connectivity index (χ2n) is 4.99. The first kappa shape index (κ1) is 13.6. The summed E-state index contributed by atoms with van der Waals surface area (Å²) < 4.78 is 5.81. The van der Waals surface area contributed by atoms with Gasteiger partial charge in [-0.3, -0.25) is 0 Å². The van der Waals surface area contributed by atoms with Crippen LogP contribution in [-0.4, -0.2) is 11.0 Å². The molecular weight excluding hydrogens is 236 g/mol. The average molecular weight is 256 g/mol. The SMILES string of the molecule is Cc1cccc(Oc2ccc(CC(C)N)cn2)c1C. The van der Waals surface area contributed by atoms with Crippen LogP contribution in [0.3, 0.4) is 0 Å². The second kappa shape index (κ2) is 5.85. The first-order chi connectivity index (χ1) is 9.06. The molecule has 0 aliphatic rings. The van der Waals surface area contributed by atoms with Crippen LogP contribution in [0.15, 0.2) is 36.5 Å². The molecule has 0 bridgehead atoms. The Morgan fingerprint density at radius 2 is 2.00 bits per heavy atom. The fourth-order valence-electron chi connectivity index (χ4n) is 1.91. The van der Waals surface area contributed by atoms with Gasteiger partial charge in [0.05, 0.1) is 0 Å². The van der Waals surface area contributed by atoms with Crippen LogP contribution in [0.1, 0.15) is 23.6 Å². The molecule has 0 aliphatic carbocycles. The molecule has 1 heterocycles. The van der Waals surface area contributed by atoms with Crippen molar-refractivity contribution in [1.29, 1.82) is 0 Å². The molecule has 2 N–H and O–H groups in total. The van der Waals surface area contributed by atoms with Gasteiger partial charge in [-0.05, 0) is 49.9 Å². The molecule has 0 saturated carbocycles. The smallest absolute Gasteiger partial charge is 0.219 e. The van der Waals surface area contributed by atoms with E-state index >= 15 is 0 Å². The Morgan fingerprint density at radius 1 is 1.21 bits per heavy atom. The van der Waals surface area contributed by atoms with Crippen molar-refractivity contribution in [1.82, 2.24) is 4.98 Å². The van der Waals surface area contributed by atoms with E-state index in [2.05, 4.69) is 24.9 Å². The highest BCUT2D eigenvalue weighted by Gasteiger charge is 2.05. The van der Waals surface area contributed by atoms with Crippen LogP contribution in [0.4, 0.5) is 0 Å². The van der Waals surface area contributed by atoms with Gasteiger partial charge in [0.1, 0.15) is 5.75 Å². The van der Waals surface area contributed by atoms with Crippen LogP contribution < -0.4 is 10.5 Å². The quantitative estimate of drug-likeness (QED) is 0.912. The third kappa shape index (κ3) is 3.55. The Kier molecular flexibility index (Phi) is 4.17. The summed E-state index contributed by atoms with van der Waals surface area (Å²) in [6.45, 7) is 6.11. The van der Waals surface area contributed by atoms with Gasteiger partial charge < -0.3 is 10.5 Å². The minimum atomic E-state index is 0.146. The summed E-state index contributed by atoms with van der Waals surface area (Å²) in [5.41, 5.74) is 9.25. The van der Waals surface area contributed by atoms with Crippen molar-refractivity contribution in [3.05, 3.63) is 53.2 Å². The highest BCUT2D eigenvalue weighted by Crippen LogP contribution is 2.25. The lowest BCUT2D eigenvalue weighted by molar-refractivity contribution is 0.458. The number of pyridine rings is 1. The van der Waals surface area contributed by atoms with Gasteiger partial charge in [0, 0.05) is 18.3 Å². The Bertz CT molecular complexity index is 547. The van der Waals surface area contributed by atoms with E-state index in [9.17, 15) is 0 Å². The Morgan fingerprint density at radius 3 is 2.63 bits per heavy atom. The second-order valence-corrected chi connectivity index (χ2v) is 4.99. The van der Waals surface area contributed by atoms with Crippen molar-refractivity contribution >= 4 is 0 Å². The molecule has 19 heavy (non-hydrogen) atoms. The number of ether oxygens (including phenoxy) is 1. The lowest BCUT2D eigenvalue weighted by atomic mass is 10.1. The van der Waals surface area contributed by atoms with Crippen LogP contribution in [0.25, 0.3) is 0 Å². The minimum Gasteiger partial charge on any atom is -0.439 e.